The maximum absolute atomic E-state index is 12.2. The number of nitrogens with two attached hydrogens (primary N) is 1. The van der Waals surface area contributed by atoms with Crippen LogP contribution in [0.2, 0.25) is 0 Å². The summed E-state index contributed by atoms with van der Waals surface area (Å²) in [4.78, 5) is 12.2. The van der Waals surface area contributed by atoms with Gasteiger partial charge in [0.25, 0.3) is 0 Å². The predicted molar refractivity (Wildman–Crippen MR) is 78.2 cm³/mol. The number of ketones is 1. The quantitative estimate of drug-likeness (QED) is 0.803. The molecular weight excluding hydrogens is 242 g/mol. The second-order valence-corrected chi connectivity index (χ2v) is 5.71. The fourth-order valence-corrected chi connectivity index (χ4v) is 3.09. The van der Waals surface area contributed by atoms with E-state index < -0.39 is 0 Å². The Morgan fingerprint density at radius 3 is 2.94 bits per heavy atom. The highest BCUT2D eigenvalue weighted by atomic mass is 32.1. The maximum Gasteiger partial charge on any atom is 0.164 e. The minimum Gasteiger partial charge on any atom is -0.330 e. The van der Waals surface area contributed by atoms with Crippen molar-refractivity contribution in [2.75, 3.05) is 6.54 Å². The molecule has 0 amide bonds. The third-order valence-electron chi connectivity index (χ3n) is 3.30. The molecule has 2 aromatic rings. The van der Waals surface area contributed by atoms with Crippen LogP contribution >= 0.6 is 11.3 Å². The number of Topliss-reactive ketones (excluding diaryl/α,β-unsaturated/α-hetero) is 1. The Morgan fingerprint density at radius 1 is 1.33 bits per heavy atom. The Bertz CT molecular complexity index is 532. The highest BCUT2D eigenvalue weighted by Gasteiger charge is 2.12. The third-order valence-corrected chi connectivity index (χ3v) is 4.27. The van der Waals surface area contributed by atoms with Gasteiger partial charge in [-0.2, -0.15) is 0 Å². The molecule has 2 rings (SSSR count). The lowest BCUT2D eigenvalue weighted by Gasteiger charge is -2.09. The Kier molecular flexibility index (Phi) is 4.50. The number of benzene rings is 1. The van der Waals surface area contributed by atoms with Gasteiger partial charge in [0, 0.05) is 16.7 Å². The first-order valence-electron chi connectivity index (χ1n) is 6.42. The monoisotopic (exact) mass is 261 g/mol. The number of rotatable bonds is 6. The largest absolute Gasteiger partial charge is 0.330 e. The Labute approximate surface area is 112 Å². The molecule has 2 nitrogen and oxygen atoms in total. The molecule has 1 heterocycles. The lowest BCUT2D eigenvalue weighted by molar-refractivity contribution is 0.0976. The van der Waals surface area contributed by atoms with Crippen molar-refractivity contribution in [2.45, 2.75) is 26.2 Å². The minimum atomic E-state index is 0.256. The number of fused-ring (bicyclic) bond motifs is 1. The van der Waals surface area contributed by atoms with Gasteiger partial charge in [0.2, 0.25) is 0 Å². The average Bonchev–Trinajstić information content (AvgIpc) is 2.84. The van der Waals surface area contributed by atoms with E-state index in [2.05, 4.69) is 19.1 Å². The van der Waals surface area contributed by atoms with Gasteiger partial charge in [0.1, 0.15) is 0 Å². The molecule has 2 N–H and O–H groups in total. The van der Waals surface area contributed by atoms with Crippen molar-refractivity contribution in [3.8, 4) is 0 Å². The van der Waals surface area contributed by atoms with E-state index in [9.17, 15) is 4.79 Å². The molecule has 1 aromatic carbocycles. The van der Waals surface area contributed by atoms with E-state index in [4.69, 9.17) is 5.73 Å². The van der Waals surface area contributed by atoms with Crippen LogP contribution in [-0.2, 0) is 0 Å². The van der Waals surface area contributed by atoms with Crippen molar-refractivity contribution in [3.63, 3.8) is 0 Å². The van der Waals surface area contributed by atoms with Gasteiger partial charge in [-0.05, 0) is 48.2 Å². The fraction of sp³-hybridized carbons (Fsp3) is 0.400. The molecule has 18 heavy (non-hydrogen) atoms. The summed E-state index contributed by atoms with van der Waals surface area (Å²) >= 11 is 1.65. The van der Waals surface area contributed by atoms with Crippen LogP contribution in [0, 0.1) is 5.92 Å². The average molecular weight is 261 g/mol. The van der Waals surface area contributed by atoms with Gasteiger partial charge >= 0.3 is 0 Å². The fourth-order valence-electron chi connectivity index (χ4n) is 2.15. The Balaban J connectivity index is 2.07. The van der Waals surface area contributed by atoms with Crippen LogP contribution in [0.25, 0.3) is 10.1 Å². The molecule has 0 aliphatic rings. The predicted octanol–water partition coefficient (Wildman–Crippen LogP) is 3.85. The molecular formula is C15H19NOS. The molecule has 3 heteroatoms. The SMILES string of the molecule is CC(CCN)CCC(=O)c1cccc2ccsc12. The Morgan fingerprint density at radius 2 is 2.17 bits per heavy atom. The van der Waals surface area contributed by atoms with Gasteiger partial charge in [0.15, 0.2) is 5.78 Å². The van der Waals surface area contributed by atoms with E-state index >= 15 is 0 Å². The van der Waals surface area contributed by atoms with Crippen molar-refractivity contribution in [3.05, 3.63) is 35.2 Å². The lowest BCUT2D eigenvalue weighted by Crippen LogP contribution is -2.08. The number of carbonyl (C=O) groups is 1. The summed E-state index contributed by atoms with van der Waals surface area (Å²) in [5, 5.41) is 3.21. The van der Waals surface area contributed by atoms with Gasteiger partial charge in [-0.1, -0.05) is 19.1 Å². The van der Waals surface area contributed by atoms with Crippen LogP contribution in [0.5, 0.6) is 0 Å². The van der Waals surface area contributed by atoms with Gasteiger partial charge in [-0.15, -0.1) is 11.3 Å². The van der Waals surface area contributed by atoms with Gasteiger partial charge in [0.05, 0.1) is 0 Å². The highest BCUT2D eigenvalue weighted by Crippen LogP contribution is 2.26. The van der Waals surface area contributed by atoms with E-state index in [0.29, 0.717) is 18.9 Å². The second kappa shape index (κ2) is 6.12. The van der Waals surface area contributed by atoms with Crippen LogP contribution in [-0.4, -0.2) is 12.3 Å². The molecule has 96 valence electrons. The molecule has 0 radical (unpaired) electrons. The molecule has 0 spiro atoms. The summed E-state index contributed by atoms with van der Waals surface area (Å²) in [6.45, 7) is 2.86. The topological polar surface area (TPSA) is 43.1 Å². The van der Waals surface area contributed by atoms with E-state index in [1.807, 2.05) is 17.5 Å². The number of hydrogen-bond acceptors (Lipinski definition) is 3. The first-order chi connectivity index (χ1) is 8.72. The summed E-state index contributed by atoms with van der Waals surface area (Å²) in [7, 11) is 0. The van der Waals surface area contributed by atoms with Crippen LogP contribution in [0.15, 0.2) is 29.6 Å². The van der Waals surface area contributed by atoms with Crippen molar-refractivity contribution in [2.24, 2.45) is 11.7 Å². The van der Waals surface area contributed by atoms with Gasteiger partial charge < -0.3 is 5.73 Å². The molecule has 0 saturated carbocycles. The second-order valence-electron chi connectivity index (χ2n) is 4.79. The first kappa shape index (κ1) is 13.2. The highest BCUT2D eigenvalue weighted by molar-refractivity contribution is 7.17. The summed E-state index contributed by atoms with van der Waals surface area (Å²) in [6.07, 6.45) is 2.55. The number of hydrogen-bond donors (Lipinski definition) is 1. The van der Waals surface area contributed by atoms with Crippen LogP contribution < -0.4 is 5.73 Å². The molecule has 0 aliphatic carbocycles. The standard InChI is InChI=1S/C15H19NOS/c1-11(7-9-16)5-6-14(17)13-4-2-3-12-8-10-18-15(12)13/h2-4,8,10-11H,5-7,9,16H2,1H3. The van der Waals surface area contributed by atoms with Gasteiger partial charge in [-0.3, -0.25) is 4.79 Å². The zero-order valence-electron chi connectivity index (χ0n) is 10.7. The van der Waals surface area contributed by atoms with E-state index in [0.717, 1.165) is 23.1 Å². The molecule has 0 saturated heterocycles. The molecule has 1 aromatic heterocycles. The molecule has 1 unspecified atom stereocenters. The van der Waals surface area contributed by atoms with Crippen molar-refractivity contribution >= 4 is 27.2 Å². The van der Waals surface area contributed by atoms with E-state index in [-0.39, 0.29) is 5.78 Å². The van der Waals surface area contributed by atoms with Crippen molar-refractivity contribution in [1.29, 1.82) is 0 Å². The number of carbonyl (C=O) groups excluding carboxylic acids is 1. The Hall–Kier alpha value is -1.19. The zero-order chi connectivity index (χ0) is 13.0. The summed E-state index contributed by atoms with van der Waals surface area (Å²) in [5.74, 6) is 0.786. The number of thiophene rings is 1. The molecule has 0 fully saturated rings. The normalized spacial score (nSPS) is 12.8. The summed E-state index contributed by atoms with van der Waals surface area (Å²) in [5.41, 5.74) is 6.40. The van der Waals surface area contributed by atoms with Crippen LogP contribution in [0.3, 0.4) is 0 Å². The summed E-state index contributed by atoms with van der Waals surface area (Å²) < 4.78 is 1.12. The summed E-state index contributed by atoms with van der Waals surface area (Å²) in [6, 6.07) is 8.02. The lowest BCUT2D eigenvalue weighted by atomic mass is 9.97. The van der Waals surface area contributed by atoms with E-state index in [1.54, 1.807) is 11.3 Å². The molecule has 0 bridgehead atoms. The van der Waals surface area contributed by atoms with Crippen molar-refractivity contribution < 1.29 is 4.79 Å². The first-order valence-corrected chi connectivity index (χ1v) is 7.30. The van der Waals surface area contributed by atoms with Crippen LogP contribution in [0.4, 0.5) is 0 Å². The van der Waals surface area contributed by atoms with Gasteiger partial charge in [-0.25, -0.2) is 0 Å². The maximum atomic E-state index is 12.2. The van der Waals surface area contributed by atoms with Crippen molar-refractivity contribution in [1.82, 2.24) is 0 Å². The zero-order valence-corrected chi connectivity index (χ0v) is 11.5. The minimum absolute atomic E-state index is 0.256. The van der Waals surface area contributed by atoms with E-state index in [1.165, 1.54) is 5.39 Å². The molecule has 0 aliphatic heterocycles. The van der Waals surface area contributed by atoms with Crippen LogP contribution in [0.1, 0.15) is 36.5 Å². The third kappa shape index (κ3) is 2.98. The molecule has 1 atom stereocenters. The smallest absolute Gasteiger partial charge is 0.164 e.